The zero-order valence-electron chi connectivity index (χ0n) is 15.3. The molecule has 140 valence electrons. The molecule has 1 N–H and O–H groups in total. The molecule has 6 heteroatoms. The SMILES string of the molecule is COc1cccc(/C=C(\Cl)c2nc3scc(-c4ccc(C)cc4)c3c(=O)[nH]2)c1. The number of nitrogens with zero attached hydrogens (tertiary/aromatic N) is 1. The molecule has 0 aliphatic heterocycles. The molecule has 0 bridgehead atoms. The van der Waals surface area contributed by atoms with Crippen LogP contribution in [0.15, 0.2) is 58.7 Å². The van der Waals surface area contributed by atoms with E-state index in [2.05, 4.69) is 9.97 Å². The number of aromatic nitrogens is 2. The summed E-state index contributed by atoms with van der Waals surface area (Å²) in [5, 5.41) is 2.90. The van der Waals surface area contributed by atoms with Gasteiger partial charge in [-0.15, -0.1) is 11.3 Å². The number of halogens is 1. The molecule has 2 aromatic carbocycles. The summed E-state index contributed by atoms with van der Waals surface area (Å²) >= 11 is 7.88. The molecule has 4 aromatic rings. The van der Waals surface area contributed by atoms with Gasteiger partial charge in [0.1, 0.15) is 10.6 Å². The Morgan fingerprint density at radius 2 is 2.00 bits per heavy atom. The number of hydrogen-bond donors (Lipinski definition) is 1. The molecule has 0 saturated carbocycles. The summed E-state index contributed by atoms with van der Waals surface area (Å²) in [5.41, 5.74) is 3.71. The van der Waals surface area contributed by atoms with Crippen molar-refractivity contribution >= 4 is 44.3 Å². The van der Waals surface area contributed by atoms with E-state index in [1.807, 2.05) is 60.8 Å². The van der Waals surface area contributed by atoms with E-state index in [9.17, 15) is 4.79 Å². The van der Waals surface area contributed by atoms with Crippen molar-refractivity contribution in [2.24, 2.45) is 0 Å². The maximum Gasteiger partial charge on any atom is 0.260 e. The summed E-state index contributed by atoms with van der Waals surface area (Å²) in [4.78, 5) is 20.8. The van der Waals surface area contributed by atoms with Crippen LogP contribution in [0.3, 0.4) is 0 Å². The Kier molecular flexibility index (Phi) is 5.03. The summed E-state index contributed by atoms with van der Waals surface area (Å²) in [6.07, 6.45) is 1.75. The molecule has 0 saturated heterocycles. The van der Waals surface area contributed by atoms with Gasteiger partial charge in [0.2, 0.25) is 0 Å². The zero-order chi connectivity index (χ0) is 19.7. The van der Waals surface area contributed by atoms with Crippen molar-refractivity contribution in [1.82, 2.24) is 9.97 Å². The lowest BCUT2D eigenvalue weighted by atomic mass is 10.1. The van der Waals surface area contributed by atoms with E-state index in [1.54, 1.807) is 13.2 Å². The molecule has 4 nitrogen and oxygen atoms in total. The van der Waals surface area contributed by atoms with Gasteiger partial charge in [-0.3, -0.25) is 4.79 Å². The number of hydrogen-bond acceptors (Lipinski definition) is 4. The van der Waals surface area contributed by atoms with E-state index in [0.717, 1.165) is 22.4 Å². The Labute approximate surface area is 171 Å². The highest BCUT2D eigenvalue weighted by Gasteiger charge is 2.14. The fourth-order valence-corrected chi connectivity index (χ4v) is 4.12. The topological polar surface area (TPSA) is 55.0 Å². The second-order valence-corrected chi connectivity index (χ2v) is 7.64. The number of rotatable bonds is 4. The van der Waals surface area contributed by atoms with E-state index in [1.165, 1.54) is 16.9 Å². The standard InChI is InChI=1S/C22H17ClN2O2S/c1-13-6-8-15(9-7-13)17-12-28-22-19(17)21(26)24-20(25-22)18(23)11-14-4-3-5-16(10-14)27-2/h3-12H,1-2H3,(H,24,25,26)/b18-11-. The number of nitrogens with one attached hydrogen (secondary N) is 1. The van der Waals surface area contributed by atoms with Crippen LogP contribution in [0.4, 0.5) is 0 Å². The van der Waals surface area contributed by atoms with E-state index >= 15 is 0 Å². The van der Waals surface area contributed by atoms with Crippen molar-refractivity contribution in [3.63, 3.8) is 0 Å². The molecule has 0 atom stereocenters. The van der Waals surface area contributed by atoms with E-state index in [-0.39, 0.29) is 5.56 Å². The third kappa shape index (κ3) is 3.59. The number of aromatic amines is 1. The second kappa shape index (κ2) is 7.62. The van der Waals surface area contributed by atoms with Gasteiger partial charge in [-0.05, 0) is 36.3 Å². The van der Waals surface area contributed by atoms with E-state index in [4.69, 9.17) is 16.3 Å². The number of ether oxygens (including phenoxy) is 1. The first kappa shape index (κ1) is 18.5. The fraction of sp³-hybridized carbons (Fsp3) is 0.0909. The zero-order valence-corrected chi connectivity index (χ0v) is 16.9. The van der Waals surface area contributed by atoms with Gasteiger partial charge in [0, 0.05) is 10.9 Å². The molecule has 0 spiro atoms. The van der Waals surface area contributed by atoms with Crippen molar-refractivity contribution in [1.29, 1.82) is 0 Å². The predicted octanol–water partition coefficient (Wildman–Crippen LogP) is 5.71. The number of aryl methyl sites for hydroxylation is 1. The maximum atomic E-state index is 12.8. The van der Waals surface area contributed by atoms with Crippen molar-refractivity contribution < 1.29 is 4.74 Å². The van der Waals surface area contributed by atoms with Gasteiger partial charge in [-0.25, -0.2) is 4.98 Å². The monoisotopic (exact) mass is 408 g/mol. The molecule has 0 radical (unpaired) electrons. The van der Waals surface area contributed by atoms with E-state index < -0.39 is 0 Å². The van der Waals surface area contributed by atoms with Crippen LogP contribution in [0.2, 0.25) is 0 Å². The number of methoxy groups -OCH3 is 1. The lowest BCUT2D eigenvalue weighted by Crippen LogP contribution is -2.10. The average Bonchev–Trinajstić information content (AvgIpc) is 3.13. The van der Waals surface area contributed by atoms with Gasteiger partial charge in [0.15, 0.2) is 5.82 Å². The third-order valence-corrected chi connectivity index (χ3v) is 5.58. The van der Waals surface area contributed by atoms with Gasteiger partial charge in [0.05, 0.1) is 17.5 Å². The minimum atomic E-state index is -0.200. The number of benzene rings is 2. The maximum absolute atomic E-state index is 12.8. The summed E-state index contributed by atoms with van der Waals surface area (Å²) in [6.45, 7) is 2.03. The molecule has 0 unspecified atom stereocenters. The molecule has 28 heavy (non-hydrogen) atoms. The normalized spacial score (nSPS) is 11.8. The first-order valence-corrected chi connectivity index (χ1v) is 9.91. The van der Waals surface area contributed by atoms with Crippen LogP contribution in [-0.2, 0) is 0 Å². The first-order chi connectivity index (χ1) is 13.5. The molecular formula is C22H17ClN2O2S. The first-order valence-electron chi connectivity index (χ1n) is 8.65. The van der Waals surface area contributed by atoms with E-state index in [0.29, 0.717) is 21.1 Å². The molecular weight excluding hydrogens is 392 g/mol. The third-order valence-electron chi connectivity index (χ3n) is 4.42. The number of H-pyrrole nitrogens is 1. The van der Waals surface area contributed by atoms with Crippen LogP contribution in [0.1, 0.15) is 17.0 Å². The highest BCUT2D eigenvalue weighted by atomic mass is 35.5. The molecule has 0 fully saturated rings. The molecule has 4 rings (SSSR count). The van der Waals surface area contributed by atoms with Crippen molar-refractivity contribution in [3.8, 4) is 16.9 Å². The highest BCUT2D eigenvalue weighted by molar-refractivity contribution is 7.17. The average molecular weight is 409 g/mol. The van der Waals surface area contributed by atoms with Gasteiger partial charge >= 0.3 is 0 Å². The quantitative estimate of drug-likeness (QED) is 0.470. The van der Waals surface area contributed by atoms with Crippen LogP contribution in [0, 0.1) is 6.92 Å². The van der Waals surface area contributed by atoms with Crippen LogP contribution in [-0.4, -0.2) is 17.1 Å². The van der Waals surface area contributed by atoms with Gasteiger partial charge in [0.25, 0.3) is 5.56 Å². The van der Waals surface area contributed by atoms with Crippen LogP contribution in [0.25, 0.3) is 32.5 Å². The second-order valence-electron chi connectivity index (χ2n) is 6.38. The number of thiophene rings is 1. The Morgan fingerprint density at radius 1 is 1.21 bits per heavy atom. The van der Waals surface area contributed by atoms with Crippen molar-refractivity contribution in [3.05, 3.63) is 81.2 Å². The number of fused-ring (bicyclic) bond motifs is 1. The summed E-state index contributed by atoms with van der Waals surface area (Å²) in [5.74, 6) is 1.08. The molecule has 0 aliphatic carbocycles. The molecule has 0 amide bonds. The minimum absolute atomic E-state index is 0.200. The Bertz CT molecular complexity index is 1240. The Morgan fingerprint density at radius 3 is 2.75 bits per heavy atom. The molecule has 0 aliphatic rings. The van der Waals surface area contributed by atoms with Gasteiger partial charge < -0.3 is 9.72 Å². The summed E-state index contributed by atoms with van der Waals surface area (Å²) in [6, 6.07) is 15.6. The lowest BCUT2D eigenvalue weighted by molar-refractivity contribution is 0.414. The summed E-state index contributed by atoms with van der Waals surface area (Å²) < 4.78 is 5.23. The van der Waals surface area contributed by atoms with Gasteiger partial charge in [-0.1, -0.05) is 53.6 Å². The van der Waals surface area contributed by atoms with Crippen LogP contribution in [0.5, 0.6) is 5.75 Å². The highest BCUT2D eigenvalue weighted by Crippen LogP contribution is 2.32. The molecule has 2 aromatic heterocycles. The smallest absolute Gasteiger partial charge is 0.260 e. The lowest BCUT2D eigenvalue weighted by Gasteiger charge is -2.03. The fourth-order valence-electron chi connectivity index (χ4n) is 2.95. The predicted molar refractivity (Wildman–Crippen MR) is 117 cm³/mol. The van der Waals surface area contributed by atoms with Gasteiger partial charge in [-0.2, -0.15) is 0 Å². The van der Waals surface area contributed by atoms with Crippen LogP contribution >= 0.6 is 22.9 Å². The minimum Gasteiger partial charge on any atom is -0.497 e. The summed E-state index contributed by atoms with van der Waals surface area (Å²) in [7, 11) is 1.61. The largest absolute Gasteiger partial charge is 0.497 e. The van der Waals surface area contributed by atoms with Crippen molar-refractivity contribution in [2.75, 3.05) is 7.11 Å². The Balaban J connectivity index is 1.77. The Hall–Kier alpha value is -2.89. The van der Waals surface area contributed by atoms with Crippen molar-refractivity contribution in [2.45, 2.75) is 6.92 Å². The van der Waals surface area contributed by atoms with Crippen LogP contribution < -0.4 is 10.3 Å². The molecule has 2 heterocycles.